The van der Waals surface area contributed by atoms with Crippen molar-refractivity contribution in [3.63, 3.8) is 0 Å². The number of rotatable bonds is 16. The van der Waals surface area contributed by atoms with Gasteiger partial charge in [-0.1, -0.05) is 65.5 Å². The van der Waals surface area contributed by atoms with E-state index < -0.39 is 33.9 Å². The molecule has 0 aliphatic heterocycles. The lowest BCUT2D eigenvalue weighted by Gasteiger charge is -2.59. The van der Waals surface area contributed by atoms with E-state index in [2.05, 4.69) is 40.7 Å². The molecule has 3 fully saturated rings. The van der Waals surface area contributed by atoms with Crippen LogP contribution in [0.3, 0.4) is 0 Å². The van der Waals surface area contributed by atoms with E-state index in [0.29, 0.717) is 30.1 Å². The van der Waals surface area contributed by atoms with Crippen molar-refractivity contribution in [2.75, 3.05) is 26.1 Å². The van der Waals surface area contributed by atoms with Crippen LogP contribution >= 0.6 is 0 Å². The average Bonchev–Trinajstić information content (AvgIpc) is 3.30. The highest BCUT2D eigenvalue weighted by atomic mass is 32.2. The summed E-state index contributed by atoms with van der Waals surface area (Å²) in [5.74, 6) is 1.86. The number of ether oxygens (including phenoxy) is 1. The van der Waals surface area contributed by atoms with Gasteiger partial charge in [-0.2, -0.15) is 8.42 Å². The molecule has 45 heavy (non-hydrogen) atoms. The van der Waals surface area contributed by atoms with Gasteiger partial charge in [-0.3, -0.25) is 13.8 Å². The Hall–Kier alpha value is -1.45. The van der Waals surface area contributed by atoms with Crippen LogP contribution in [-0.2, 0) is 28.6 Å². The minimum Gasteiger partial charge on any atom is -0.481 e. The number of allylic oxidation sites excluding steroid dienone is 2. The van der Waals surface area contributed by atoms with Crippen molar-refractivity contribution in [3.8, 4) is 0 Å². The highest BCUT2D eigenvalue weighted by molar-refractivity contribution is 7.85. The van der Waals surface area contributed by atoms with Gasteiger partial charge in [0.15, 0.2) is 0 Å². The van der Waals surface area contributed by atoms with Crippen molar-refractivity contribution < 1.29 is 37.1 Å². The molecule has 3 saturated carbocycles. The molecule has 0 amide bonds. The Bertz CT molecular complexity index is 1200. The maximum atomic E-state index is 12.9. The summed E-state index contributed by atoms with van der Waals surface area (Å²) in [7, 11) is -3.59. The Kier molecular flexibility index (Phi) is 11.6. The monoisotopic (exact) mass is 652 g/mol. The molecule has 2 N–H and O–H groups in total. The van der Waals surface area contributed by atoms with Gasteiger partial charge >= 0.3 is 11.9 Å². The second-order valence-corrected chi connectivity index (χ2v) is 17.8. The molecule has 8 nitrogen and oxygen atoms in total. The van der Waals surface area contributed by atoms with Crippen LogP contribution in [-0.4, -0.2) is 56.6 Å². The van der Waals surface area contributed by atoms with Crippen molar-refractivity contribution in [2.45, 2.75) is 118 Å². The molecule has 4 aliphatic rings. The molecule has 0 radical (unpaired) electrons. The number of carboxylic acids is 2. The highest BCUT2D eigenvalue weighted by Crippen LogP contribution is 2.68. The summed E-state index contributed by atoms with van der Waals surface area (Å²) in [6, 6.07) is 0. The average molecular weight is 653 g/mol. The molecule has 0 saturated heterocycles. The summed E-state index contributed by atoms with van der Waals surface area (Å²) >= 11 is 0. The fraction of sp³-hybridized carbons (Fsp3) is 0.889. The van der Waals surface area contributed by atoms with Crippen molar-refractivity contribution in [2.24, 2.45) is 57.7 Å². The first-order valence-corrected chi connectivity index (χ1v) is 19.4. The fourth-order valence-corrected chi connectivity index (χ4v) is 11.2. The number of carbonyl (C=O) groups is 2. The summed E-state index contributed by atoms with van der Waals surface area (Å²) in [4.78, 5) is 24.9. The van der Waals surface area contributed by atoms with Gasteiger partial charge in [-0.05, 0) is 110 Å². The van der Waals surface area contributed by atoms with E-state index in [1.165, 1.54) is 50.5 Å². The summed E-state index contributed by atoms with van der Waals surface area (Å²) in [5, 5.41) is 20.4. The van der Waals surface area contributed by atoms with Crippen LogP contribution in [0, 0.1) is 57.7 Å². The van der Waals surface area contributed by atoms with Crippen LogP contribution in [0.4, 0.5) is 0 Å². The minimum absolute atomic E-state index is 0.00946. The molecule has 9 heteroatoms. The molecule has 9 atom stereocenters. The van der Waals surface area contributed by atoms with E-state index >= 15 is 0 Å². The SMILES string of the molecule is CC(C)CCC[C@@H](C)[C@H]1CCC2C3CC=C4CC(C(CCOCCOS(C)(=O)=O)(CC(=O)O)C(=O)O)CC[C@]4(C)C3CC[C@@]21C. The van der Waals surface area contributed by atoms with Gasteiger partial charge in [0.25, 0.3) is 10.1 Å². The third-order valence-corrected chi connectivity index (χ3v) is 13.8. The van der Waals surface area contributed by atoms with Crippen molar-refractivity contribution in [3.05, 3.63) is 11.6 Å². The molecular formula is C36H60O8S. The maximum Gasteiger partial charge on any atom is 0.310 e. The molecule has 0 heterocycles. The largest absolute Gasteiger partial charge is 0.481 e. The van der Waals surface area contributed by atoms with Crippen molar-refractivity contribution in [1.29, 1.82) is 0 Å². The Balaban J connectivity index is 1.47. The molecular weight excluding hydrogens is 592 g/mol. The number of fused-ring (bicyclic) bond motifs is 5. The number of carboxylic acid groups (broad SMARTS) is 2. The standard InChI is InChI=1S/C36H60O8S/c1-24(2)8-7-9-25(3)29-12-13-30-28-11-10-26-22-27(14-16-34(26,4)31(28)15-17-35(29,30)5)36(33(39)40,23-32(37)38)18-19-43-20-21-44-45(6,41)42/h10,24-25,27-31H,7-9,11-23H2,1-6H3,(H,37,38)(H,39,40)/t25-,27?,28?,29-,30?,31?,34+,35-,36?/m1/s1. The van der Waals surface area contributed by atoms with E-state index in [-0.39, 0.29) is 37.6 Å². The second kappa shape index (κ2) is 14.3. The first-order valence-electron chi connectivity index (χ1n) is 17.6. The first kappa shape index (κ1) is 36.4. The van der Waals surface area contributed by atoms with E-state index in [1.807, 2.05) is 0 Å². The van der Waals surface area contributed by atoms with Crippen LogP contribution in [0.5, 0.6) is 0 Å². The van der Waals surface area contributed by atoms with Crippen LogP contribution in [0.15, 0.2) is 11.6 Å². The second-order valence-electron chi connectivity index (χ2n) is 16.1. The molecule has 0 aromatic heterocycles. The predicted octanol–water partition coefficient (Wildman–Crippen LogP) is 7.57. The predicted molar refractivity (Wildman–Crippen MR) is 175 cm³/mol. The lowest BCUT2D eigenvalue weighted by molar-refractivity contribution is -0.163. The van der Waals surface area contributed by atoms with E-state index in [4.69, 9.17) is 8.92 Å². The van der Waals surface area contributed by atoms with Crippen molar-refractivity contribution in [1.82, 2.24) is 0 Å². The smallest absolute Gasteiger partial charge is 0.310 e. The number of hydrogen-bond acceptors (Lipinski definition) is 6. The van der Waals surface area contributed by atoms with E-state index in [9.17, 15) is 28.2 Å². The lowest BCUT2D eigenvalue weighted by atomic mass is 9.45. The third kappa shape index (κ3) is 7.83. The Morgan fingerprint density at radius 1 is 1.00 bits per heavy atom. The molecule has 0 aromatic rings. The quantitative estimate of drug-likeness (QED) is 0.0993. The Morgan fingerprint density at radius 3 is 2.38 bits per heavy atom. The third-order valence-electron chi connectivity index (χ3n) is 13.2. The molecule has 4 rings (SSSR count). The summed E-state index contributed by atoms with van der Waals surface area (Å²) in [5.41, 5.74) is 0.342. The van der Waals surface area contributed by atoms with Crippen molar-refractivity contribution >= 4 is 22.1 Å². The summed E-state index contributed by atoms with van der Waals surface area (Å²) < 4.78 is 32.7. The number of aliphatic carboxylic acids is 2. The Morgan fingerprint density at radius 2 is 1.73 bits per heavy atom. The molecule has 4 aliphatic carbocycles. The highest BCUT2D eigenvalue weighted by Gasteiger charge is 2.60. The van der Waals surface area contributed by atoms with Crippen LogP contribution in [0.1, 0.15) is 118 Å². The van der Waals surface area contributed by atoms with Crippen LogP contribution in [0.2, 0.25) is 0 Å². The Labute approximate surface area is 272 Å². The van der Waals surface area contributed by atoms with Gasteiger partial charge < -0.3 is 14.9 Å². The topological polar surface area (TPSA) is 127 Å². The minimum atomic E-state index is -3.59. The summed E-state index contributed by atoms with van der Waals surface area (Å²) in [6.45, 7) is 12.0. The van der Waals surface area contributed by atoms with Gasteiger partial charge in [0, 0.05) is 6.61 Å². The van der Waals surface area contributed by atoms with Gasteiger partial charge in [0.05, 0.1) is 31.3 Å². The maximum absolute atomic E-state index is 12.9. The molecule has 0 bridgehead atoms. The zero-order valence-electron chi connectivity index (χ0n) is 28.7. The number of hydrogen-bond donors (Lipinski definition) is 2. The zero-order valence-corrected chi connectivity index (χ0v) is 29.5. The normalized spacial score (nSPS) is 35.1. The zero-order chi connectivity index (χ0) is 33.2. The molecule has 0 aromatic carbocycles. The lowest BCUT2D eigenvalue weighted by Crippen LogP contribution is -2.52. The molecule has 258 valence electrons. The molecule has 0 spiro atoms. The fourth-order valence-electron chi connectivity index (χ4n) is 10.8. The van der Waals surface area contributed by atoms with E-state index in [1.54, 1.807) is 0 Å². The van der Waals surface area contributed by atoms with Crippen LogP contribution < -0.4 is 0 Å². The molecule has 5 unspecified atom stereocenters. The van der Waals surface area contributed by atoms with Gasteiger partial charge in [0.1, 0.15) is 0 Å². The van der Waals surface area contributed by atoms with Gasteiger partial charge in [-0.25, -0.2) is 0 Å². The van der Waals surface area contributed by atoms with E-state index in [0.717, 1.165) is 42.8 Å². The summed E-state index contributed by atoms with van der Waals surface area (Å²) in [6.07, 6.45) is 15.4. The van der Waals surface area contributed by atoms with Crippen LogP contribution in [0.25, 0.3) is 0 Å². The first-order chi connectivity index (χ1) is 21.0. The van der Waals surface area contributed by atoms with Gasteiger partial charge in [0.2, 0.25) is 0 Å². The van der Waals surface area contributed by atoms with Gasteiger partial charge in [-0.15, -0.1) is 0 Å².